The minimum atomic E-state index is -0.483. The molecule has 0 saturated heterocycles. The predicted molar refractivity (Wildman–Crippen MR) is 69.4 cm³/mol. The molecule has 0 spiro atoms. The van der Waals surface area contributed by atoms with Crippen molar-refractivity contribution in [1.29, 1.82) is 0 Å². The van der Waals surface area contributed by atoms with Gasteiger partial charge < -0.3 is 10.1 Å². The van der Waals surface area contributed by atoms with Crippen LogP contribution in [0.3, 0.4) is 0 Å². The van der Waals surface area contributed by atoms with E-state index in [9.17, 15) is 14.0 Å². The molecule has 102 valence electrons. The van der Waals surface area contributed by atoms with E-state index in [1.54, 1.807) is 13.8 Å². The fourth-order valence-corrected chi connectivity index (χ4v) is 1.73. The van der Waals surface area contributed by atoms with Crippen LogP contribution in [0.2, 0.25) is 0 Å². The fraction of sp³-hybridized carbons (Fsp3) is 0.286. The molecule has 0 bridgehead atoms. The number of hydrogen-bond donors (Lipinski definition) is 1. The smallest absolute Gasteiger partial charge is 0.330 e. The number of esters is 1. The maximum atomic E-state index is 13.1. The first-order chi connectivity index (χ1) is 8.95. The molecule has 0 heterocycles. The van der Waals surface area contributed by atoms with Crippen LogP contribution in [0.1, 0.15) is 21.5 Å². The highest BCUT2D eigenvalue weighted by Gasteiger charge is 2.12. The summed E-state index contributed by atoms with van der Waals surface area (Å²) in [5.74, 6) is -1.15. The summed E-state index contributed by atoms with van der Waals surface area (Å²) in [6, 6.07) is 2.62. The Kier molecular flexibility index (Phi) is 5.23. The summed E-state index contributed by atoms with van der Waals surface area (Å²) >= 11 is 0. The van der Waals surface area contributed by atoms with E-state index in [0.29, 0.717) is 16.7 Å². The van der Waals surface area contributed by atoms with Gasteiger partial charge in [-0.05, 0) is 37.1 Å². The molecule has 1 N–H and O–H groups in total. The van der Waals surface area contributed by atoms with Gasteiger partial charge in [-0.3, -0.25) is 4.79 Å². The molecule has 0 aliphatic rings. The maximum absolute atomic E-state index is 13.1. The minimum absolute atomic E-state index is 0.199. The molecular formula is C14H16FNO3. The Morgan fingerprint density at radius 1 is 1.32 bits per heavy atom. The molecule has 1 rings (SSSR count). The molecule has 0 unspecified atom stereocenters. The van der Waals surface area contributed by atoms with Gasteiger partial charge >= 0.3 is 5.97 Å². The van der Waals surface area contributed by atoms with E-state index in [2.05, 4.69) is 10.1 Å². The average Bonchev–Trinajstić information content (AvgIpc) is 2.33. The third kappa shape index (κ3) is 4.21. The van der Waals surface area contributed by atoms with Crippen LogP contribution >= 0.6 is 0 Å². The van der Waals surface area contributed by atoms with E-state index in [1.165, 1.54) is 31.4 Å². The first-order valence-electron chi connectivity index (χ1n) is 5.75. The normalized spacial score (nSPS) is 10.5. The average molecular weight is 265 g/mol. The first kappa shape index (κ1) is 14.9. The molecule has 0 aliphatic carbocycles. The van der Waals surface area contributed by atoms with Crippen LogP contribution in [0, 0.1) is 19.7 Å². The fourth-order valence-electron chi connectivity index (χ4n) is 1.73. The molecule has 0 atom stereocenters. The van der Waals surface area contributed by atoms with E-state index in [4.69, 9.17) is 0 Å². The van der Waals surface area contributed by atoms with E-state index in [1.807, 2.05) is 0 Å². The lowest BCUT2D eigenvalue weighted by Gasteiger charge is -2.09. The van der Waals surface area contributed by atoms with Gasteiger partial charge in [0.05, 0.1) is 7.11 Å². The molecule has 19 heavy (non-hydrogen) atoms. The Morgan fingerprint density at radius 2 is 1.89 bits per heavy atom. The summed E-state index contributed by atoms with van der Waals surface area (Å²) in [6.45, 7) is 3.55. The summed E-state index contributed by atoms with van der Waals surface area (Å²) in [6.07, 6.45) is 2.71. The van der Waals surface area contributed by atoms with Crippen LogP contribution < -0.4 is 5.32 Å². The molecule has 0 radical (unpaired) electrons. The van der Waals surface area contributed by atoms with Crippen LogP contribution in [0.5, 0.6) is 0 Å². The van der Waals surface area contributed by atoms with Gasteiger partial charge in [-0.25, -0.2) is 9.18 Å². The Balaban J connectivity index is 2.69. The predicted octanol–water partition coefficient (Wildman–Crippen LogP) is 1.90. The summed E-state index contributed by atoms with van der Waals surface area (Å²) in [4.78, 5) is 22.7. The quantitative estimate of drug-likeness (QED) is 0.668. The molecule has 0 aliphatic heterocycles. The number of nitrogens with one attached hydrogen (secondary N) is 1. The maximum Gasteiger partial charge on any atom is 0.330 e. The second-order valence-electron chi connectivity index (χ2n) is 4.05. The van der Waals surface area contributed by atoms with Crippen molar-refractivity contribution >= 4 is 11.9 Å². The molecule has 4 nitrogen and oxygen atoms in total. The Bertz CT molecular complexity index is 500. The van der Waals surface area contributed by atoms with Gasteiger partial charge in [0.2, 0.25) is 0 Å². The standard InChI is InChI=1S/C14H16FNO3/c1-9-7-11(15)8-10(2)13(9)14(18)16-6-4-5-12(17)19-3/h4-5,7-8H,6H2,1-3H3,(H,16,18)/b5-4+. The van der Waals surface area contributed by atoms with Crippen molar-refractivity contribution < 1.29 is 18.7 Å². The van der Waals surface area contributed by atoms with Crippen molar-refractivity contribution in [1.82, 2.24) is 5.32 Å². The summed E-state index contributed by atoms with van der Waals surface area (Å²) < 4.78 is 17.5. The van der Waals surface area contributed by atoms with Crippen molar-refractivity contribution in [2.75, 3.05) is 13.7 Å². The zero-order valence-electron chi connectivity index (χ0n) is 11.1. The lowest BCUT2D eigenvalue weighted by Crippen LogP contribution is -2.25. The molecule has 0 fully saturated rings. The highest BCUT2D eigenvalue weighted by Crippen LogP contribution is 2.15. The Morgan fingerprint density at radius 3 is 2.42 bits per heavy atom. The second-order valence-corrected chi connectivity index (χ2v) is 4.05. The Labute approximate surface area is 111 Å². The summed E-state index contributed by atoms with van der Waals surface area (Å²) in [5, 5.41) is 2.62. The van der Waals surface area contributed by atoms with Crippen LogP contribution in [0.4, 0.5) is 4.39 Å². The molecule has 0 saturated carbocycles. The summed E-state index contributed by atoms with van der Waals surface area (Å²) in [7, 11) is 1.27. The molecule has 5 heteroatoms. The summed E-state index contributed by atoms with van der Waals surface area (Å²) in [5.41, 5.74) is 1.60. The van der Waals surface area contributed by atoms with Crippen LogP contribution in [0.25, 0.3) is 0 Å². The Hall–Kier alpha value is -2.17. The molecule has 1 aromatic rings. The van der Waals surface area contributed by atoms with Crippen molar-refractivity contribution in [3.8, 4) is 0 Å². The lowest BCUT2D eigenvalue weighted by molar-refractivity contribution is -0.134. The second kappa shape index (κ2) is 6.68. The first-order valence-corrected chi connectivity index (χ1v) is 5.75. The van der Waals surface area contributed by atoms with Crippen molar-refractivity contribution in [2.45, 2.75) is 13.8 Å². The topological polar surface area (TPSA) is 55.4 Å². The van der Waals surface area contributed by atoms with Gasteiger partial charge in [0.1, 0.15) is 5.82 Å². The number of aryl methyl sites for hydroxylation is 2. The molecule has 1 amide bonds. The SMILES string of the molecule is COC(=O)/C=C/CNC(=O)c1c(C)cc(F)cc1C. The van der Waals surface area contributed by atoms with Crippen LogP contribution in [-0.4, -0.2) is 25.5 Å². The van der Waals surface area contributed by atoms with Crippen LogP contribution in [-0.2, 0) is 9.53 Å². The third-order valence-corrected chi connectivity index (χ3v) is 2.56. The molecule has 1 aromatic carbocycles. The highest BCUT2D eigenvalue weighted by molar-refractivity contribution is 5.97. The van der Waals surface area contributed by atoms with Gasteiger partial charge in [-0.15, -0.1) is 0 Å². The van der Waals surface area contributed by atoms with E-state index >= 15 is 0 Å². The largest absolute Gasteiger partial charge is 0.466 e. The molecular weight excluding hydrogens is 249 g/mol. The van der Waals surface area contributed by atoms with Gasteiger partial charge in [0.15, 0.2) is 0 Å². The number of ether oxygens (including phenoxy) is 1. The van der Waals surface area contributed by atoms with Gasteiger partial charge in [-0.1, -0.05) is 6.08 Å². The monoisotopic (exact) mass is 265 g/mol. The third-order valence-electron chi connectivity index (χ3n) is 2.56. The number of hydrogen-bond acceptors (Lipinski definition) is 3. The zero-order chi connectivity index (χ0) is 14.4. The zero-order valence-corrected chi connectivity index (χ0v) is 11.1. The van der Waals surface area contributed by atoms with Gasteiger partial charge in [0, 0.05) is 18.2 Å². The number of halogens is 1. The van der Waals surface area contributed by atoms with Crippen molar-refractivity contribution in [3.63, 3.8) is 0 Å². The molecule has 0 aromatic heterocycles. The van der Waals surface area contributed by atoms with Gasteiger partial charge in [-0.2, -0.15) is 0 Å². The number of amides is 1. The van der Waals surface area contributed by atoms with E-state index < -0.39 is 5.97 Å². The number of carbonyl (C=O) groups excluding carboxylic acids is 2. The van der Waals surface area contributed by atoms with E-state index in [-0.39, 0.29) is 18.3 Å². The lowest BCUT2D eigenvalue weighted by atomic mass is 10.0. The van der Waals surface area contributed by atoms with Crippen molar-refractivity contribution in [3.05, 3.63) is 46.8 Å². The number of benzene rings is 1. The minimum Gasteiger partial charge on any atom is -0.466 e. The van der Waals surface area contributed by atoms with E-state index in [0.717, 1.165) is 0 Å². The van der Waals surface area contributed by atoms with Crippen LogP contribution in [0.15, 0.2) is 24.3 Å². The number of carbonyl (C=O) groups is 2. The number of rotatable bonds is 4. The number of methoxy groups -OCH3 is 1. The van der Waals surface area contributed by atoms with Gasteiger partial charge in [0.25, 0.3) is 5.91 Å². The highest BCUT2D eigenvalue weighted by atomic mass is 19.1. The van der Waals surface area contributed by atoms with Crippen molar-refractivity contribution in [2.24, 2.45) is 0 Å².